The molecule has 21 nitrogen and oxygen atoms in total. The highest BCUT2D eigenvalue weighted by molar-refractivity contribution is 7.67. The fourth-order valence-electron chi connectivity index (χ4n) is 4.20. The Morgan fingerprint density at radius 2 is 1.86 bits per heavy atom. The van der Waals surface area contributed by atoms with Crippen molar-refractivity contribution in [2.75, 3.05) is 19.8 Å². The van der Waals surface area contributed by atoms with Gasteiger partial charge in [-0.1, -0.05) is 18.2 Å². The zero-order chi connectivity index (χ0) is 31.0. The van der Waals surface area contributed by atoms with E-state index < -0.39 is 59.4 Å². The van der Waals surface area contributed by atoms with Crippen molar-refractivity contribution >= 4 is 34.8 Å². The topological polar surface area (TPSA) is 318 Å². The molecule has 1 aromatic heterocycles. The second-order valence-electron chi connectivity index (χ2n) is 8.92. The minimum absolute atomic E-state index is 0.0160. The molecule has 0 radical (unpaired) electrons. The minimum Gasteiger partial charge on any atom is -0.387 e. The highest BCUT2D eigenvalue weighted by Crippen LogP contribution is 2.63. The summed E-state index contributed by atoms with van der Waals surface area (Å²) in [5.41, 5.74) is 6.90. The normalized spacial score (nSPS) is 24.2. The Kier molecular flexibility index (Phi) is 9.37. The second-order valence-corrected chi connectivity index (χ2v) is 13.5. The van der Waals surface area contributed by atoms with E-state index in [0.29, 0.717) is 5.56 Å². The molecule has 42 heavy (non-hydrogen) atoms. The Bertz CT molecular complexity index is 1620. The number of benzene rings is 1. The zero-order valence-corrected chi connectivity index (χ0v) is 23.8. The highest BCUT2D eigenvalue weighted by atomic mass is 31.3. The van der Waals surface area contributed by atoms with Crippen LogP contribution in [-0.4, -0.2) is 92.2 Å². The lowest BCUT2D eigenvalue weighted by Crippen LogP contribution is -2.47. The highest BCUT2D eigenvalue weighted by Gasteiger charge is 2.45. The van der Waals surface area contributed by atoms with Crippen molar-refractivity contribution in [2.45, 2.75) is 31.0 Å². The van der Waals surface area contributed by atoms with Crippen LogP contribution in [-0.2, 0) is 29.1 Å². The van der Waals surface area contributed by atoms with Gasteiger partial charge in [0.1, 0.15) is 36.2 Å². The molecule has 5 atom stereocenters. The average Bonchev–Trinajstić information content (AvgIpc) is 3.41. The van der Waals surface area contributed by atoms with Crippen molar-refractivity contribution in [2.24, 2.45) is 15.2 Å². The first kappa shape index (κ1) is 32.3. The van der Waals surface area contributed by atoms with Gasteiger partial charge in [0.2, 0.25) is 0 Å². The number of nitro groups is 1. The molecule has 4 rings (SSSR count). The van der Waals surface area contributed by atoms with Crippen molar-refractivity contribution in [1.29, 1.82) is 0 Å². The van der Waals surface area contributed by atoms with Crippen LogP contribution < -0.4 is 16.6 Å². The van der Waals surface area contributed by atoms with Crippen LogP contribution in [0.5, 0.6) is 0 Å². The number of aromatic nitrogens is 2. The number of aliphatic hydroxyl groups is 2. The maximum Gasteiger partial charge on any atom is 0.477 e. The third kappa shape index (κ3) is 7.47. The van der Waals surface area contributed by atoms with Crippen LogP contribution in [0.1, 0.15) is 11.8 Å². The van der Waals surface area contributed by atoms with E-state index in [1.54, 1.807) is 23.1 Å². The molecule has 9 N–H and O–H groups in total. The third-order valence-corrected chi connectivity index (χ3v) is 10.1. The van der Waals surface area contributed by atoms with Crippen molar-refractivity contribution in [3.8, 4) is 0 Å². The summed E-state index contributed by atoms with van der Waals surface area (Å²) in [5.74, 6) is 0.186. The second kappa shape index (κ2) is 12.2. The molecule has 1 fully saturated rings. The maximum atomic E-state index is 12.1. The Morgan fingerprint density at radius 3 is 2.52 bits per heavy atom. The fraction of sp³-hybridized carbons (Fsp3) is 0.444. The molecule has 0 aliphatic carbocycles. The molecular weight excluding hydrogens is 631 g/mol. The summed E-state index contributed by atoms with van der Waals surface area (Å²) in [5, 5.41) is 32.5. The van der Waals surface area contributed by atoms with Gasteiger partial charge < -0.3 is 50.1 Å². The summed E-state index contributed by atoms with van der Waals surface area (Å²) in [4.78, 5) is 66.9. The fourth-order valence-corrected chi connectivity index (χ4v) is 7.49. The quantitative estimate of drug-likeness (QED) is 0.0717. The zero-order valence-electron chi connectivity index (χ0n) is 21.1. The molecule has 1 saturated heterocycles. The van der Waals surface area contributed by atoms with Crippen molar-refractivity contribution in [3.63, 3.8) is 0 Å². The molecule has 2 aliphatic heterocycles. The van der Waals surface area contributed by atoms with Gasteiger partial charge in [-0.2, -0.15) is 0 Å². The van der Waals surface area contributed by atoms with Crippen LogP contribution in [0, 0.1) is 10.1 Å². The monoisotopic (exact) mass is 657 g/mol. The van der Waals surface area contributed by atoms with Gasteiger partial charge >= 0.3 is 23.3 Å². The number of aliphatic hydroxyl groups excluding tert-OH is 2. The number of para-hydroxylation sites is 1. The largest absolute Gasteiger partial charge is 0.477 e. The van der Waals surface area contributed by atoms with Gasteiger partial charge in [0.25, 0.3) is 5.69 Å². The average molecular weight is 657 g/mol. The van der Waals surface area contributed by atoms with E-state index in [0.717, 1.165) is 0 Å². The number of ether oxygens (including phenoxy) is 1. The van der Waals surface area contributed by atoms with Gasteiger partial charge in [0, 0.05) is 18.2 Å². The number of nitrogens with two attached hydrogens (primary N) is 1. The summed E-state index contributed by atoms with van der Waals surface area (Å²) >= 11 is 0. The number of hydrogen-bond acceptors (Lipinski definition) is 13. The molecule has 2 aliphatic rings. The van der Waals surface area contributed by atoms with E-state index >= 15 is 0 Å². The number of phosphoric acid groups is 1. The van der Waals surface area contributed by atoms with Gasteiger partial charge in [0.05, 0.1) is 17.9 Å². The third-order valence-electron chi connectivity index (χ3n) is 6.05. The number of rotatable bonds is 11. The number of imidazole rings is 1. The van der Waals surface area contributed by atoms with Crippen LogP contribution in [0.4, 0.5) is 5.69 Å². The molecule has 0 saturated carbocycles. The molecule has 0 amide bonds. The Hall–Kier alpha value is -2.61. The van der Waals surface area contributed by atoms with E-state index in [1.807, 2.05) is 0 Å². The summed E-state index contributed by atoms with van der Waals surface area (Å²) in [7, 11) is -16.2. The number of hydrogen-bond donors (Lipinski definition) is 8. The van der Waals surface area contributed by atoms with Crippen LogP contribution in [0.15, 0.2) is 40.1 Å². The predicted molar refractivity (Wildman–Crippen MR) is 138 cm³/mol. The standard InChI is InChI=1S/C18H26N7O14P3/c19-16-13-17(21-8-23(16)6-5-10-3-1-2-4-11(10)25(28)29)24(9-20-13)18-15(27)14(26)12(38-18)7-37-40(30,31)22-41(32,33)39-42(34,35)36/h1-4,9,12,14-15,18,26-27,32-33H,5-8,19H2,(H,30,31)(H2,34,35,36)/t12-,14-,15-,18-/m1/s1. The Labute approximate surface area is 235 Å². The van der Waals surface area contributed by atoms with E-state index in [-0.39, 0.29) is 42.0 Å². The molecule has 3 heterocycles. The smallest absolute Gasteiger partial charge is 0.387 e. The van der Waals surface area contributed by atoms with Crippen LogP contribution in [0.3, 0.4) is 0 Å². The first-order valence-electron chi connectivity index (χ1n) is 11.7. The van der Waals surface area contributed by atoms with Crippen LogP contribution in [0.2, 0.25) is 0 Å². The van der Waals surface area contributed by atoms with Crippen molar-refractivity contribution in [3.05, 3.63) is 57.1 Å². The van der Waals surface area contributed by atoms with Gasteiger partial charge in [-0.25, -0.2) is 23.4 Å². The SMILES string of the molecule is NC1=c2ncn([C@@H]3O[C@H](COP(=O)(O)N=P(O)(O)OP(=O)(O)O)[C@@H](O)[C@H]3O)c2=NCN1CCc1ccccc1[N+](=O)[O-]. The molecule has 1 aromatic carbocycles. The van der Waals surface area contributed by atoms with Crippen molar-refractivity contribution in [1.82, 2.24) is 14.5 Å². The van der Waals surface area contributed by atoms with E-state index in [2.05, 4.69) is 23.3 Å². The van der Waals surface area contributed by atoms with E-state index in [9.17, 15) is 44.1 Å². The predicted octanol–water partition coefficient (Wildman–Crippen LogP) is -2.27. The van der Waals surface area contributed by atoms with Gasteiger partial charge in [0.15, 0.2) is 11.7 Å². The lowest BCUT2D eigenvalue weighted by atomic mass is 10.1. The lowest BCUT2D eigenvalue weighted by Gasteiger charge is -2.25. The Morgan fingerprint density at radius 1 is 1.17 bits per heavy atom. The van der Waals surface area contributed by atoms with Crippen LogP contribution >= 0.6 is 23.3 Å². The summed E-state index contributed by atoms with van der Waals surface area (Å²) in [6, 6.07) is 6.26. The molecule has 0 spiro atoms. The summed E-state index contributed by atoms with van der Waals surface area (Å²) in [6.45, 7) is -0.657. The van der Waals surface area contributed by atoms with E-state index in [4.69, 9.17) is 20.3 Å². The number of nitrogens with zero attached hydrogens (tertiary/aromatic N) is 6. The van der Waals surface area contributed by atoms with Gasteiger partial charge in [-0.15, -0.1) is 4.52 Å². The molecule has 232 valence electrons. The van der Waals surface area contributed by atoms with Gasteiger partial charge in [-0.3, -0.25) is 19.2 Å². The summed E-state index contributed by atoms with van der Waals surface area (Å²) in [6.07, 6.45) is -4.65. The first-order valence-corrected chi connectivity index (χ1v) is 16.3. The minimum atomic E-state index is -5.50. The Balaban J connectivity index is 1.47. The lowest BCUT2D eigenvalue weighted by molar-refractivity contribution is -0.385. The molecule has 1 unspecified atom stereocenters. The van der Waals surface area contributed by atoms with E-state index in [1.165, 1.54) is 17.0 Å². The molecular formula is C18H26N7O14P3. The number of nitro benzene ring substituents is 1. The van der Waals surface area contributed by atoms with Crippen molar-refractivity contribution < 1.29 is 62.3 Å². The maximum absolute atomic E-state index is 12.1. The molecule has 24 heteroatoms. The molecule has 2 aromatic rings. The first-order chi connectivity index (χ1) is 19.5. The van der Waals surface area contributed by atoms with Crippen LogP contribution in [0.25, 0.3) is 5.82 Å². The number of fused-ring (bicyclic) bond motifs is 1. The van der Waals surface area contributed by atoms with Gasteiger partial charge in [-0.05, 0) is 6.42 Å². The summed E-state index contributed by atoms with van der Waals surface area (Å²) < 4.78 is 40.4. The molecule has 0 bridgehead atoms.